The molecule has 2 N–H and O–H groups in total. The minimum atomic E-state index is -0.827. The first-order valence-electron chi connectivity index (χ1n) is 8.20. The Balaban J connectivity index is 1.68. The van der Waals surface area contributed by atoms with Gasteiger partial charge in [-0.3, -0.25) is 9.59 Å². The third-order valence-electron chi connectivity index (χ3n) is 4.64. The zero-order chi connectivity index (χ0) is 17.1. The molecule has 0 radical (unpaired) electrons. The number of nitrogens with zero attached hydrogens (tertiary/aromatic N) is 1. The van der Waals surface area contributed by atoms with Gasteiger partial charge in [0.1, 0.15) is 5.82 Å². The van der Waals surface area contributed by atoms with Gasteiger partial charge in [-0.1, -0.05) is 0 Å². The number of aliphatic carboxylic acids is 1. The third-order valence-corrected chi connectivity index (χ3v) is 4.64. The summed E-state index contributed by atoms with van der Waals surface area (Å²) in [6.07, 6.45) is 1.61. The van der Waals surface area contributed by atoms with Crippen LogP contribution in [0.4, 0.5) is 10.1 Å². The molecule has 1 saturated heterocycles. The lowest BCUT2D eigenvalue weighted by Gasteiger charge is -2.29. The zero-order valence-electron chi connectivity index (χ0n) is 13.3. The van der Waals surface area contributed by atoms with Crippen LogP contribution in [0.15, 0.2) is 18.2 Å². The van der Waals surface area contributed by atoms with Gasteiger partial charge in [-0.15, -0.1) is 0 Å². The minimum absolute atomic E-state index is 0.172. The van der Waals surface area contributed by atoms with Gasteiger partial charge in [0.25, 0.3) is 5.91 Å². The zero-order valence-corrected chi connectivity index (χ0v) is 13.3. The van der Waals surface area contributed by atoms with Crippen molar-refractivity contribution in [2.24, 2.45) is 5.92 Å². The molecule has 1 aromatic carbocycles. The lowest BCUT2D eigenvalue weighted by Crippen LogP contribution is -2.37. The summed E-state index contributed by atoms with van der Waals surface area (Å²) in [6, 6.07) is 4.13. The Labute approximate surface area is 139 Å². The van der Waals surface area contributed by atoms with Crippen LogP contribution in [0, 0.1) is 11.7 Å². The van der Waals surface area contributed by atoms with Crippen molar-refractivity contribution in [3.05, 3.63) is 29.6 Å². The number of benzene rings is 1. The van der Waals surface area contributed by atoms with Gasteiger partial charge in [-0.05, 0) is 37.5 Å². The van der Waals surface area contributed by atoms with Crippen molar-refractivity contribution in [3.63, 3.8) is 0 Å². The van der Waals surface area contributed by atoms with Crippen LogP contribution in [0.2, 0.25) is 0 Å². The molecule has 1 aliphatic heterocycles. The predicted octanol–water partition coefficient (Wildman–Crippen LogP) is 1.65. The SMILES string of the molecule is O=C(N[C@@H]1CC[C@H](C(=O)O)C1)c1cc(F)cc(N2CCOCC2)c1. The van der Waals surface area contributed by atoms with Gasteiger partial charge < -0.3 is 20.1 Å². The quantitative estimate of drug-likeness (QED) is 0.874. The van der Waals surface area contributed by atoms with E-state index in [1.807, 2.05) is 4.90 Å². The summed E-state index contributed by atoms with van der Waals surface area (Å²) >= 11 is 0. The van der Waals surface area contributed by atoms with Crippen molar-refractivity contribution in [2.45, 2.75) is 25.3 Å². The highest BCUT2D eigenvalue weighted by Gasteiger charge is 2.30. The summed E-state index contributed by atoms with van der Waals surface area (Å²) in [6.45, 7) is 2.48. The van der Waals surface area contributed by atoms with Crippen LogP contribution in [0.25, 0.3) is 0 Å². The second-order valence-corrected chi connectivity index (χ2v) is 6.32. The third kappa shape index (κ3) is 3.84. The van der Waals surface area contributed by atoms with E-state index >= 15 is 0 Å². The molecule has 3 rings (SSSR count). The molecule has 2 aliphatic rings. The highest BCUT2D eigenvalue weighted by molar-refractivity contribution is 5.95. The number of nitrogens with one attached hydrogen (secondary N) is 1. The van der Waals surface area contributed by atoms with Crippen LogP contribution in [0.1, 0.15) is 29.6 Å². The molecular formula is C17H21FN2O4. The number of ether oxygens (including phenoxy) is 1. The highest BCUT2D eigenvalue weighted by Crippen LogP contribution is 2.26. The van der Waals surface area contributed by atoms with Crippen LogP contribution in [0.5, 0.6) is 0 Å². The van der Waals surface area contributed by atoms with Crippen molar-refractivity contribution < 1.29 is 23.8 Å². The van der Waals surface area contributed by atoms with Crippen molar-refractivity contribution >= 4 is 17.6 Å². The van der Waals surface area contributed by atoms with E-state index in [1.165, 1.54) is 12.1 Å². The summed E-state index contributed by atoms with van der Waals surface area (Å²) in [7, 11) is 0. The molecule has 1 aliphatic carbocycles. The second-order valence-electron chi connectivity index (χ2n) is 6.32. The lowest BCUT2D eigenvalue weighted by molar-refractivity contribution is -0.141. The summed E-state index contributed by atoms with van der Waals surface area (Å²) in [5, 5.41) is 11.8. The average molecular weight is 336 g/mol. The fourth-order valence-electron chi connectivity index (χ4n) is 3.31. The minimum Gasteiger partial charge on any atom is -0.481 e. The topological polar surface area (TPSA) is 78.9 Å². The molecule has 0 unspecified atom stereocenters. The fraction of sp³-hybridized carbons (Fsp3) is 0.529. The number of hydrogen-bond donors (Lipinski definition) is 2. The predicted molar refractivity (Wildman–Crippen MR) is 85.7 cm³/mol. The molecule has 0 bridgehead atoms. The van der Waals surface area contributed by atoms with Crippen LogP contribution in [-0.4, -0.2) is 49.3 Å². The maximum atomic E-state index is 13.9. The van der Waals surface area contributed by atoms with Gasteiger partial charge in [0.15, 0.2) is 0 Å². The molecule has 1 aromatic rings. The second kappa shape index (κ2) is 7.17. The molecule has 7 heteroatoms. The van der Waals surface area contributed by atoms with Gasteiger partial charge in [0.05, 0.1) is 19.1 Å². The van der Waals surface area contributed by atoms with Crippen LogP contribution < -0.4 is 10.2 Å². The number of amides is 1. The van der Waals surface area contributed by atoms with Gasteiger partial charge in [0, 0.05) is 30.4 Å². The van der Waals surface area contributed by atoms with Crippen molar-refractivity contribution in [3.8, 4) is 0 Å². The molecule has 0 spiro atoms. The van der Waals surface area contributed by atoms with Crippen molar-refractivity contribution in [1.82, 2.24) is 5.32 Å². The number of carboxylic acid groups (broad SMARTS) is 1. The maximum Gasteiger partial charge on any atom is 0.306 e. The van der Waals surface area contributed by atoms with Crippen LogP contribution >= 0.6 is 0 Å². The smallest absolute Gasteiger partial charge is 0.306 e. The first-order valence-corrected chi connectivity index (χ1v) is 8.20. The number of hydrogen-bond acceptors (Lipinski definition) is 4. The molecule has 6 nitrogen and oxygen atoms in total. The molecule has 130 valence electrons. The van der Waals surface area contributed by atoms with Gasteiger partial charge >= 0.3 is 5.97 Å². The Morgan fingerprint density at radius 1 is 1.21 bits per heavy atom. The monoisotopic (exact) mass is 336 g/mol. The summed E-state index contributed by atoms with van der Waals surface area (Å²) in [5.74, 6) is -2.06. The van der Waals surface area contributed by atoms with Gasteiger partial charge in [0.2, 0.25) is 0 Å². The lowest BCUT2D eigenvalue weighted by atomic mass is 10.1. The number of anilines is 1. The van der Waals surface area contributed by atoms with E-state index in [4.69, 9.17) is 9.84 Å². The van der Waals surface area contributed by atoms with E-state index < -0.39 is 17.7 Å². The Bertz CT molecular complexity index is 631. The van der Waals surface area contributed by atoms with E-state index in [9.17, 15) is 14.0 Å². The molecule has 1 saturated carbocycles. The molecule has 0 aromatic heterocycles. The molecular weight excluding hydrogens is 315 g/mol. The van der Waals surface area contributed by atoms with Crippen LogP contribution in [0.3, 0.4) is 0 Å². The first kappa shape index (κ1) is 16.7. The Kier molecular flexibility index (Phi) is 4.99. The number of halogens is 1. The molecule has 24 heavy (non-hydrogen) atoms. The first-order chi connectivity index (χ1) is 11.5. The largest absolute Gasteiger partial charge is 0.481 e. The maximum absolute atomic E-state index is 13.9. The number of carbonyl (C=O) groups is 2. The van der Waals surface area contributed by atoms with E-state index in [0.717, 1.165) is 0 Å². The molecule has 2 fully saturated rings. The summed E-state index contributed by atoms with van der Waals surface area (Å²) < 4.78 is 19.2. The number of morpholine rings is 1. The normalized spacial score (nSPS) is 24.0. The van der Waals surface area contributed by atoms with E-state index in [-0.39, 0.29) is 17.5 Å². The van der Waals surface area contributed by atoms with E-state index in [0.29, 0.717) is 51.3 Å². The molecule has 1 amide bonds. The number of carbonyl (C=O) groups excluding carboxylic acids is 1. The summed E-state index contributed by atoms with van der Waals surface area (Å²) in [5.41, 5.74) is 0.925. The Morgan fingerprint density at radius 3 is 2.62 bits per heavy atom. The Morgan fingerprint density at radius 2 is 1.96 bits per heavy atom. The Hall–Kier alpha value is -2.15. The van der Waals surface area contributed by atoms with Gasteiger partial charge in [-0.25, -0.2) is 4.39 Å². The molecule has 2 atom stereocenters. The highest BCUT2D eigenvalue weighted by atomic mass is 19.1. The van der Waals surface area contributed by atoms with Crippen molar-refractivity contribution in [1.29, 1.82) is 0 Å². The number of rotatable bonds is 4. The van der Waals surface area contributed by atoms with Crippen molar-refractivity contribution in [2.75, 3.05) is 31.2 Å². The van der Waals surface area contributed by atoms with E-state index in [2.05, 4.69) is 5.32 Å². The van der Waals surface area contributed by atoms with E-state index in [1.54, 1.807) is 6.07 Å². The van der Waals surface area contributed by atoms with Crippen LogP contribution in [-0.2, 0) is 9.53 Å². The molecule has 1 heterocycles. The average Bonchev–Trinajstić information content (AvgIpc) is 3.04. The fourth-order valence-corrected chi connectivity index (χ4v) is 3.31. The number of carboxylic acids is 1. The standard InChI is InChI=1S/C17H21FN2O4/c18-13-7-12(9-15(10-13)20-3-5-24-6-4-20)16(21)19-14-2-1-11(8-14)17(22)23/h7,9-11,14H,1-6,8H2,(H,19,21)(H,22,23)/t11-,14+/m0/s1. The van der Waals surface area contributed by atoms with Gasteiger partial charge in [-0.2, -0.15) is 0 Å². The summed E-state index contributed by atoms with van der Waals surface area (Å²) in [4.78, 5) is 25.4.